The number of carbonyl (C=O) groups is 1. The summed E-state index contributed by atoms with van der Waals surface area (Å²) >= 11 is 3.31. The molecule has 0 saturated carbocycles. The molecule has 0 spiro atoms. The molecule has 0 radical (unpaired) electrons. The van der Waals surface area contributed by atoms with Gasteiger partial charge in [-0.25, -0.2) is 0 Å². The van der Waals surface area contributed by atoms with Crippen molar-refractivity contribution in [2.45, 2.75) is 18.2 Å². The molecule has 52 valence electrons. The zero-order valence-electron chi connectivity index (χ0n) is 5.36. The molecule has 0 bridgehead atoms. The maximum Gasteiger partial charge on any atom is 0.234 e. The summed E-state index contributed by atoms with van der Waals surface area (Å²) in [5.74, 6) is 0.618. The number of carbonyl (C=O) groups excluding carboxylic acids is 1. The second-order valence-corrected chi connectivity index (χ2v) is 3.45. The molecule has 0 aromatic rings. The molecule has 1 N–H and O–H groups in total. The normalized spacial score (nSPS) is 36.0. The molecule has 2 nitrogen and oxygen atoms in total. The molecule has 0 aromatic heterocycles. The van der Waals surface area contributed by atoms with E-state index in [2.05, 4.69) is 28.2 Å². The SMILES string of the molecule is CC1CCNC(=O)C1Br. The van der Waals surface area contributed by atoms with Gasteiger partial charge in [-0.1, -0.05) is 22.9 Å². The van der Waals surface area contributed by atoms with Crippen LogP contribution in [0.1, 0.15) is 13.3 Å². The zero-order valence-corrected chi connectivity index (χ0v) is 6.94. The van der Waals surface area contributed by atoms with E-state index >= 15 is 0 Å². The van der Waals surface area contributed by atoms with Crippen LogP contribution in [0.25, 0.3) is 0 Å². The molecule has 1 saturated heterocycles. The number of halogens is 1. The lowest BCUT2D eigenvalue weighted by Gasteiger charge is -2.23. The van der Waals surface area contributed by atoms with Gasteiger partial charge in [-0.3, -0.25) is 4.79 Å². The van der Waals surface area contributed by atoms with E-state index in [1.54, 1.807) is 0 Å². The minimum absolute atomic E-state index is 0.0336. The van der Waals surface area contributed by atoms with Gasteiger partial charge in [-0.15, -0.1) is 0 Å². The third-order valence-corrected chi connectivity index (χ3v) is 2.97. The van der Waals surface area contributed by atoms with Crippen LogP contribution in [0.4, 0.5) is 0 Å². The highest BCUT2D eigenvalue weighted by molar-refractivity contribution is 9.10. The van der Waals surface area contributed by atoms with Crippen molar-refractivity contribution < 1.29 is 4.79 Å². The highest BCUT2D eigenvalue weighted by atomic mass is 79.9. The average Bonchev–Trinajstić information content (AvgIpc) is 1.83. The molecule has 9 heavy (non-hydrogen) atoms. The lowest BCUT2D eigenvalue weighted by Crippen LogP contribution is -2.41. The first kappa shape index (κ1) is 7.06. The van der Waals surface area contributed by atoms with Gasteiger partial charge in [0.25, 0.3) is 0 Å². The molecular formula is C6H10BrNO. The molecule has 0 aromatic carbocycles. The van der Waals surface area contributed by atoms with Gasteiger partial charge >= 0.3 is 0 Å². The maximum absolute atomic E-state index is 10.8. The Labute approximate surface area is 63.1 Å². The Kier molecular flexibility index (Phi) is 2.11. The fourth-order valence-electron chi connectivity index (χ4n) is 0.925. The Balaban J connectivity index is 2.51. The summed E-state index contributed by atoms with van der Waals surface area (Å²) in [6, 6.07) is 0. The highest BCUT2D eigenvalue weighted by Crippen LogP contribution is 2.18. The molecule has 1 aliphatic rings. The third-order valence-electron chi connectivity index (χ3n) is 1.65. The number of alkyl halides is 1. The van der Waals surface area contributed by atoms with Crippen LogP contribution in [0.5, 0.6) is 0 Å². The quantitative estimate of drug-likeness (QED) is 0.567. The van der Waals surface area contributed by atoms with Crippen LogP contribution in [0.3, 0.4) is 0 Å². The van der Waals surface area contributed by atoms with Crippen LogP contribution >= 0.6 is 15.9 Å². The van der Waals surface area contributed by atoms with Crippen molar-refractivity contribution in [3.63, 3.8) is 0 Å². The minimum atomic E-state index is 0.0336. The van der Waals surface area contributed by atoms with Crippen molar-refractivity contribution in [1.82, 2.24) is 5.32 Å². The van der Waals surface area contributed by atoms with Crippen LogP contribution in [-0.4, -0.2) is 17.3 Å². The second kappa shape index (κ2) is 2.69. The molecular weight excluding hydrogens is 182 g/mol. The molecule has 2 unspecified atom stereocenters. The summed E-state index contributed by atoms with van der Waals surface area (Å²) in [5.41, 5.74) is 0. The summed E-state index contributed by atoms with van der Waals surface area (Å²) in [5, 5.41) is 2.78. The maximum atomic E-state index is 10.8. The number of rotatable bonds is 0. The summed E-state index contributed by atoms with van der Waals surface area (Å²) in [4.78, 5) is 10.9. The van der Waals surface area contributed by atoms with Gasteiger partial charge in [0.1, 0.15) is 0 Å². The van der Waals surface area contributed by atoms with Crippen molar-refractivity contribution in [3.05, 3.63) is 0 Å². The standard InChI is InChI=1S/C6H10BrNO/c1-4-2-3-8-6(9)5(4)7/h4-5H,2-3H2,1H3,(H,8,9). The number of hydrogen-bond acceptors (Lipinski definition) is 1. The lowest BCUT2D eigenvalue weighted by molar-refractivity contribution is -0.122. The van der Waals surface area contributed by atoms with Gasteiger partial charge in [0.2, 0.25) is 5.91 Å². The molecule has 1 amide bonds. The number of piperidine rings is 1. The second-order valence-electron chi connectivity index (χ2n) is 2.46. The topological polar surface area (TPSA) is 29.1 Å². The predicted molar refractivity (Wildman–Crippen MR) is 39.5 cm³/mol. The van der Waals surface area contributed by atoms with E-state index in [0.29, 0.717) is 5.92 Å². The Morgan fingerprint density at radius 1 is 1.78 bits per heavy atom. The Bertz CT molecular complexity index is 126. The molecule has 1 heterocycles. The van der Waals surface area contributed by atoms with Gasteiger partial charge in [0, 0.05) is 6.54 Å². The van der Waals surface area contributed by atoms with Crippen LogP contribution in [-0.2, 0) is 4.79 Å². The highest BCUT2D eigenvalue weighted by Gasteiger charge is 2.25. The zero-order chi connectivity index (χ0) is 6.85. The van der Waals surface area contributed by atoms with Gasteiger partial charge < -0.3 is 5.32 Å². The summed E-state index contributed by atoms with van der Waals surface area (Å²) in [6.45, 7) is 2.92. The van der Waals surface area contributed by atoms with Crippen LogP contribution in [0.2, 0.25) is 0 Å². The molecule has 0 aliphatic carbocycles. The first-order valence-electron chi connectivity index (χ1n) is 3.13. The molecule has 1 fully saturated rings. The average molecular weight is 192 g/mol. The Hall–Kier alpha value is -0.0500. The fraction of sp³-hybridized carbons (Fsp3) is 0.833. The summed E-state index contributed by atoms with van der Waals surface area (Å²) < 4.78 is 0. The van der Waals surface area contributed by atoms with E-state index in [1.807, 2.05) is 0 Å². The smallest absolute Gasteiger partial charge is 0.234 e. The minimum Gasteiger partial charge on any atom is -0.355 e. The van der Waals surface area contributed by atoms with Gasteiger partial charge in [-0.05, 0) is 12.3 Å². The first-order chi connectivity index (χ1) is 4.22. The van der Waals surface area contributed by atoms with Crippen LogP contribution < -0.4 is 5.32 Å². The van der Waals surface area contributed by atoms with E-state index in [4.69, 9.17) is 0 Å². The van der Waals surface area contributed by atoms with Crippen LogP contribution in [0.15, 0.2) is 0 Å². The van der Waals surface area contributed by atoms with E-state index in [0.717, 1.165) is 13.0 Å². The predicted octanol–water partition coefficient (Wildman–Crippen LogP) is 0.906. The summed E-state index contributed by atoms with van der Waals surface area (Å²) in [7, 11) is 0. The monoisotopic (exact) mass is 191 g/mol. The molecule has 2 atom stereocenters. The third kappa shape index (κ3) is 1.45. The Morgan fingerprint density at radius 3 is 2.89 bits per heavy atom. The van der Waals surface area contributed by atoms with Gasteiger partial charge in [-0.2, -0.15) is 0 Å². The van der Waals surface area contributed by atoms with Crippen molar-refractivity contribution in [2.24, 2.45) is 5.92 Å². The van der Waals surface area contributed by atoms with Crippen molar-refractivity contribution in [3.8, 4) is 0 Å². The number of amides is 1. The molecule has 3 heteroatoms. The van der Waals surface area contributed by atoms with Gasteiger partial charge in [0.15, 0.2) is 0 Å². The molecule has 1 aliphatic heterocycles. The lowest BCUT2D eigenvalue weighted by atomic mass is 10.0. The Morgan fingerprint density at radius 2 is 2.44 bits per heavy atom. The largest absolute Gasteiger partial charge is 0.355 e. The van der Waals surface area contributed by atoms with Crippen molar-refractivity contribution >= 4 is 21.8 Å². The van der Waals surface area contributed by atoms with Gasteiger partial charge in [0.05, 0.1) is 4.83 Å². The van der Waals surface area contributed by atoms with Crippen molar-refractivity contribution in [2.75, 3.05) is 6.54 Å². The number of nitrogens with one attached hydrogen (secondary N) is 1. The van der Waals surface area contributed by atoms with E-state index in [9.17, 15) is 4.79 Å². The molecule has 1 rings (SSSR count). The van der Waals surface area contributed by atoms with Crippen molar-refractivity contribution in [1.29, 1.82) is 0 Å². The fourth-order valence-corrected chi connectivity index (χ4v) is 1.35. The summed E-state index contributed by atoms with van der Waals surface area (Å²) in [6.07, 6.45) is 1.08. The first-order valence-corrected chi connectivity index (χ1v) is 4.05. The van der Waals surface area contributed by atoms with Crippen LogP contribution in [0, 0.1) is 5.92 Å². The van der Waals surface area contributed by atoms with E-state index in [1.165, 1.54) is 0 Å². The number of hydrogen-bond donors (Lipinski definition) is 1. The van der Waals surface area contributed by atoms with E-state index < -0.39 is 0 Å². The van der Waals surface area contributed by atoms with E-state index in [-0.39, 0.29) is 10.7 Å².